The van der Waals surface area contributed by atoms with Gasteiger partial charge in [0.15, 0.2) is 0 Å². The molecule has 2 aromatic carbocycles. The lowest BCUT2D eigenvalue weighted by atomic mass is 10.1. The Bertz CT molecular complexity index is 782. The van der Waals surface area contributed by atoms with Gasteiger partial charge in [-0.2, -0.15) is 5.10 Å². The standard InChI is InChI=1S/C13H8FN3O2/c14-9-4-1-3-8(7-9)12-10-5-2-6-11(17(18)19)13(10)16-15-12/h1-7H,(H,15,16). The topological polar surface area (TPSA) is 71.8 Å². The Kier molecular flexibility index (Phi) is 2.49. The van der Waals surface area contributed by atoms with Crippen LogP contribution in [0.25, 0.3) is 22.2 Å². The van der Waals surface area contributed by atoms with E-state index in [1.807, 2.05) is 0 Å². The SMILES string of the molecule is O=[N+]([O-])c1cccc2c(-c3cccc(F)c3)n[nH]c12. The van der Waals surface area contributed by atoms with Gasteiger partial charge in [0, 0.05) is 17.0 Å². The van der Waals surface area contributed by atoms with Crippen LogP contribution in [0.2, 0.25) is 0 Å². The van der Waals surface area contributed by atoms with Crippen LogP contribution in [0.4, 0.5) is 10.1 Å². The van der Waals surface area contributed by atoms with Crippen molar-refractivity contribution in [3.63, 3.8) is 0 Å². The summed E-state index contributed by atoms with van der Waals surface area (Å²) in [6.45, 7) is 0. The maximum Gasteiger partial charge on any atom is 0.294 e. The highest BCUT2D eigenvalue weighted by Crippen LogP contribution is 2.31. The number of rotatable bonds is 2. The largest absolute Gasteiger partial charge is 0.294 e. The molecule has 0 bridgehead atoms. The Balaban J connectivity index is 2.27. The number of para-hydroxylation sites is 1. The first-order valence-electron chi connectivity index (χ1n) is 5.54. The number of aromatic nitrogens is 2. The first-order valence-corrected chi connectivity index (χ1v) is 5.54. The molecule has 3 rings (SSSR count). The number of nitrogens with one attached hydrogen (secondary N) is 1. The third-order valence-electron chi connectivity index (χ3n) is 2.87. The Morgan fingerprint density at radius 2 is 2.00 bits per heavy atom. The van der Waals surface area contributed by atoms with E-state index in [1.54, 1.807) is 24.3 Å². The Morgan fingerprint density at radius 1 is 1.21 bits per heavy atom. The lowest BCUT2D eigenvalue weighted by Gasteiger charge is -1.98. The molecule has 1 aromatic heterocycles. The molecule has 0 aliphatic rings. The van der Waals surface area contributed by atoms with E-state index < -0.39 is 4.92 Å². The van der Waals surface area contributed by atoms with Crippen LogP contribution < -0.4 is 0 Å². The van der Waals surface area contributed by atoms with Gasteiger partial charge >= 0.3 is 0 Å². The van der Waals surface area contributed by atoms with E-state index in [0.717, 1.165) is 0 Å². The maximum atomic E-state index is 13.2. The van der Waals surface area contributed by atoms with Crippen molar-refractivity contribution in [3.8, 4) is 11.3 Å². The minimum atomic E-state index is -0.476. The second-order valence-electron chi connectivity index (χ2n) is 4.04. The van der Waals surface area contributed by atoms with Gasteiger partial charge in [-0.15, -0.1) is 0 Å². The molecular formula is C13H8FN3O2. The molecule has 0 aliphatic carbocycles. The first-order chi connectivity index (χ1) is 9.16. The highest BCUT2D eigenvalue weighted by atomic mass is 19.1. The van der Waals surface area contributed by atoms with Crippen molar-refractivity contribution in [1.82, 2.24) is 10.2 Å². The number of nitro benzene ring substituents is 1. The van der Waals surface area contributed by atoms with Crippen LogP contribution in [0, 0.1) is 15.9 Å². The van der Waals surface area contributed by atoms with Crippen LogP contribution >= 0.6 is 0 Å². The second-order valence-corrected chi connectivity index (χ2v) is 4.04. The molecule has 0 saturated heterocycles. The molecule has 6 heteroatoms. The molecule has 1 heterocycles. The van der Waals surface area contributed by atoms with Gasteiger partial charge in [0.1, 0.15) is 17.0 Å². The molecule has 19 heavy (non-hydrogen) atoms. The van der Waals surface area contributed by atoms with Gasteiger partial charge in [0.25, 0.3) is 5.69 Å². The van der Waals surface area contributed by atoms with Crippen molar-refractivity contribution >= 4 is 16.6 Å². The number of H-pyrrole nitrogens is 1. The van der Waals surface area contributed by atoms with E-state index in [4.69, 9.17) is 0 Å². The molecule has 0 atom stereocenters. The molecule has 0 unspecified atom stereocenters. The summed E-state index contributed by atoms with van der Waals surface area (Å²) in [5.41, 5.74) is 1.37. The summed E-state index contributed by atoms with van der Waals surface area (Å²) in [5.74, 6) is -0.376. The zero-order chi connectivity index (χ0) is 13.4. The molecule has 0 spiro atoms. The number of hydrogen-bond acceptors (Lipinski definition) is 3. The second kappa shape index (κ2) is 4.16. The minimum Gasteiger partial charge on any atom is -0.271 e. The van der Waals surface area contributed by atoms with E-state index in [-0.39, 0.29) is 11.5 Å². The molecule has 0 radical (unpaired) electrons. The first kappa shape index (κ1) is 11.3. The number of nitro groups is 1. The summed E-state index contributed by atoms with van der Waals surface area (Å²) in [4.78, 5) is 10.4. The summed E-state index contributed by atoms with van der Waals surface area (Å²) in [6.07, 6.45) is 0. The van der Waals surface area contributed by atoms with E-state index >= 15 is 0 Å². The predicted octanol–water partition coefficient (Wildman–Crippen LogP) is 3.28. The number of fused-ring (bicyclic) bond motifs is 1. The van der Waals surface area contributed by atoms with Gasteiger partial charge < -0.3 is 0 Å². The van der Waals surface area contributed by atoms with Crippen molar-refractivity contribution in [2.24, 2.45) is 0 Å². The van der Waals surface area contributed by atoms with Crippen molar-refractivity contribution in [2.75, 3.05) is 0 Å². The number of halogens is 1. The number of non-ortho nitro benzene ring substituents is 1. The molecule has 0 saturated carbocycles. The number of benzene rings is 2. The molecule has 5 nitrogen and oxygen atoms in total. The van der Waals surface area contributed by atoms with Crippen molar-refractivity contribution in [3.05, 3.63) is 58.4 Å². The average Bonchev–Trinajstić information content (AvgIpc) is 2.82. The predicted molar refractivity (Wildman–Crippen MR) is 68.1 cm³/mol. The van der Waals surface area contributed by atoms with Gasteiger partial charge in [0.05, 0.1) is 4.92 Å². The third-order valence-corrected chi connectivity index (χ3v) is 2.87. The van der Waals surface area contributed by atoms with Gasteiger partial charge in [0.2, 0.25) is 0 Å². The fourth-order valence-electron chi connectivity index (χ4n) is 2.03. The summed E-state index contributed by atoms with van der Waals surface area (Å²) in [6, 6.07) is 10.6. The smallest absolute Gasteiger partial charge is 0.271 e. The maximum absolute atomic E-state index is 13.2. The van der Waals surface area contributed by atoms with Gasteiger partial charge in [-0.05, 0) is 12.1 Å². The van der Waals surface area contributed by atoms with E-state index in [9.17, 15) is 14.5 Å². The summed E-state index contributed by atoms with van der Waals surface area (Å²) in [7, 11) is 0. The summed E-state index contributed by atoms with van der Waals surface area (Å²) >= 11 is 0. The van der Waals surface area contributed by atoms with E-state index in [2.05, 4.69) is 10.2 Å². The van der Waals surface area contributed by atoms with Crippen LogP contribution in [0.3, 0.4) is 0 Å². The normalized spacial score (nSPS) is 10.8. The van der Waals surface area contributed by atoms with Crippen LogP contribution in [0.1, 0.15) is 0 Å². The number of hydrogen-bond donors (Lipinski definition) is 1. The van der Waals surface area contributed by atoms with E-state index in [1.165, 1.54) is 18.2 Å². The highest BCUT2D eigenvalue weighted by Gasteiger charge is 2.17. The van der Waals surface area contributed by atoms with Gasteiger partial charge in [-0.1, -0.05) is 24.3 Å². The fourth-order valence-corrected chi connectivity index (χ4v) is 2.03. The van der Waals surface area contributed by atoms with Crippen LogP contribution in [0.5, 0.6) is 0 Å². The average molecular weight is 257 g/mol. The lowest BCUT2D eigenvalue weighted by molar-refractivity contribution is -0.383. The van der Waals surface area contributed by atoms with Crippen molar-refractivity contribution in [2.45, 2.75) is 0 Å². The number of aromatic amines is 1. The quantitative estimate of drug-likeness (QED) is 0.565. The minimum absolute atomic E-state index is 0.0485. The van der Waals surface area contributed by atoms with Crippen LogP contribution in [-0.2, 0) is 0 Å². The Hall–Kier alpha value is -2.76. The zero-order valence-corrected chi connectivity index (χ0v) is 9.63. The van der Waals surface area contributed by atoms with Crippen LogP contribution in [-0.4, -0.2) is 15.1 Å². The van der Waals surface area contributed by atoms with E-state index in [0.29, 0.717) is 22.2 Å². The highest BCUT2D eigenvalue weighted by molar-refractivity contribution is 5.97. The molecular weight excluding hydrogens is 249 g/mol. The zero-order valence-electron chi connectivity index (χ0n) is 9.63. The van der Waals surface area contributed by atoms with Crippen LogP contribution in [0.15, 0.2) is 42.5 Å². The summed E-state index contributed by atoms with van der Waals surface area (Å²) in [5, 5.41) is 18.2. The Labute approximate surface area is 106 Å². The third kappa shape index (κ3) is 1.83. The molecule has 0 fully saturated rings. The summed E-state index contributed by atoms with van der Waals surface area (Å²) < 4.78 is 13.2. The number of nitrogens with zero attached hydrogens (tertiary/aromatic N) is 2. The van der Waals surface area contributed by atoms with Crippen molar-refractivity contribution in [1.29, 1.82) is 0 Å². The van der Waals surface area contributed by atoms with Gasteiger partial charge in [-0.3, -0.25) is 15.2 Å². The monoisotopic (exact) mass is 257 g/mol. The molecule has 3 aromatic rings. The van der Waals surface area contributed by atoms with Crippen molar-refractivity contribution < 1.29 is 9.31 Å². The molecule has 0 amide bonds. The lowest BCUT2D eigenvalue weighted by Crippen LogP contribution is -1.88. The fraction of sp³-hybridized carbons (Fsp3) is 0. The Morgan fingerprint density at radius 3 is 2.74 bits per heavy atom. The molecule has 94 valence electrons. The molecule has 0 aliphatic heterocycles. The molecule has 1 N–H and O–H groups in total. The van der Waals surface area contributed by atoms with Gasteiger partial charge in [-0.25, -0.2) is 4.39 Å².